The zero-order chi connectivity index (χ0) is 14.4. The topological polar surface area (TPSA) is 12.0 Å². The first-order chi connectivity index (χ1) is 9.66. The van der Waals surface area contributed by atoms with E-state index in [-0.39, 0.29) is 0 Å². The van der Waals surface area contributed by atoms with Crippen molar-refractivity contribution in [2.45, 2.75) is 45.7 Å². The molecule has 0 radical (unpaired) electrons. The maximum Gasteiger partial charge on any atom is 0.0296 e. The van der Waals surface area contributed by atoms with Crippen molar-refractivity contribution in [1.82, 2.24) is 5.32 Å². The van der Waals surface area contributed by atoms with Gasteiger partial charge >= 0.3 is 0 Å². The number of aryl methyl sites for hydroxylation is 2. The lowest BCUT2D eigenvalue weighted by Crippen LogP contribution is -2.29. The SMILES string of the molecule is Cc1ccccc1[C@@H](C)NC(C)CCc1ccccc1. The summed E-state index contributed by atoms with van der Waals surface area (Å²) in [6, 6.07) is 20.3. The fourth-order valence-electron chi connectivity index (χ4n) is 2.70. The molecule has 2 aromatic carbocycles. The molecule has 1 N–H and O–H groups in total. The van der Waals surface area contributed by atoms with Crippen molar-refractivity contribution in [2.24, 2.45) is 0 Å². The zero-order valence-corrected chi connectivity index (χ0v) is 12.8. The van der Waals surface area contributed by atoms with E-state index in [1.54, 1.807) is 0 Å². The van der Waals surface area contributed by atoms with Crippen LogP contribution in [0.3, 0.4) is 0 Å². The molecule has 0 aliphatic carbocycles. The van der Waals surface area contributed by atoms with Crippen LogP contribution in [0.1, 0.15) is 43.0 Å². The molecule has 0 heterocycles. The largest absolute Gasteiger partial charge is 0.308 e. The van der Waals surface area contributed by atoms with Crippen molar-refractivity contribution in [3.8, 4) is 0 Å². The molecular formula is C19H25N. The molecule has 0 saturated carbocycles. The molecule has 106 valence electrons. The van der Waals surface area contributed by atoms with E-state index in [2.05, 4.69) is 80.7 Å². The van der Waals surface area contributed by atoms with E-state index >= 15 is 0 Å². The van der Waals surface area contributed by atoms with Crippen LogP contribution in [0, 0.1) is 6.92 Å². The average molecular weight is 267 g/mol. The van der Waals surface area contributed by atoms with Gasteiger partial charge in [-0.25, -0.2) is 0 Å². The number of benzene rings is 2. The summed E-state index contributed by atoms with van der Waals surface area (Å²) >= 11 is 0. The Morgan fingerprint density at radius 1 is 0.900 bits per heavy atom. The quantitative estimate of drug-likeness (QED) is 0.802. The smallest absolute Gasteiger partial charge is 0.0296 e. The van der Waals surface area contributed by atoms with Crippen LogP contribution in [0.25, 0.3) is 0 Å². The van der Waals surface area contributed by atoms with Crippen molar-refractivity contribution in [1.29, 1.82) is 0 Å². The summed E-state index contributed by atoms with van der Waals surface area (Å²) in [5, 5.41) is 3.71. The van der Waals surface area contributed by atoms with Crippen molar-refractivity contribution >= 4 is 0 Å². The van der Waals surface area contributed by atoms with Gasteiger partial charge in [-0.2, -0.15) is 0 Å². The van der Waals surface area contributed by atoms with E-state index in [9.17, 15) is 0 Å². The molecule has 0 fully saturated rings. The highest BCUT2D eigenvalue weighted by molar-refractivity contribution is 5.28. The Hall–Kier alpha value is -1.60. The summed E-state index contributed by atoms with van der Waals surface area (Å²) < 4.78 is 0. The highest BCUT2D eigenvalue weighted by Gasteiger charge is 2.11. The van der Waals surface area contributed by atoms with E-state index in [1.165, 1.54) is 23.1 Å². The van der Waals surface area contributed by atoms with Crippen molar-refractivity contribution in [3.05, 3.63) is 71.3 Å². The first-order valence-corrected chi connectivity index (χ1v) is 7.52. The minimum absolute atomic E-state index is 0.405. The van der Waals surface area contributed by atoms with E-state index < -0.39 is 0 Å². The van der Waals surface area contributed by atoms with E-state index in [0.717, 1.165) is 6.42 Å². The van der Waals surface area contributed by atoms with Crippen LogP contribution in [0.2, 0.25) is 0 Å². The predicted molar refractivity (Wildman–Crippen MR) is 87.0 cm³/mol. The first-order valence-electron chi connectivity index (χ1n) is 7.52. The Labute approximate surface area is 123 Å². The molecule has 20 heavy (non-hydrogen) atoms. The third kappa shape index (κ3) is 4.21. The molecule has 1 heteroatoms. The molecule has 2 atom stereocenters. The lowest BCUT2D eigenvalue weighted by Gasteiger charge is -2.22. The first kappa shape index (κ1) is 14.8. The Morgan fingerprint density at radius 3 is 2.25 bits per heavy atom. The maximum atomic E-state index is 3.71. The van der Waals surface area contributed by atoms with Crippen LogP contribution in [0.5, 0.6) is 0 Å². The maximum absolute atomic E-state index is 3.71. The van der Waals surface area contributed by atoms with Crippen LogP contribution in [0.4, 0.5) is 0 Å². The molecule has 2 rings (SSSR count). The van der Waals surface area contributed by atoms with Gasteiger partial charge < -0.3 is 5.32 Å². The Morgan fingerprint density at radius 2 is 1.55 bits per heavy atom. The number of hydrogen-bond acceptors (Lipinski definition) is 1. The van der Waals surface area contributed by atoms with Gasteiger partial charge in [0.1, 0.15) is 0 Å². The lowest BCUT2D eigenvalue weighted by molar-refractivity contribution is 0.455. The molecule has 0 saturated heterocycles. The van der Waals surface area contributed by atoms with E-state index in [1.807, 2.05) is 0 Å². The predicted octanol–water partition coefficient (Wildman–Crippen LogP) is 4.67. The summed E-state index contributed by atoms with van der Waals surface area (Å²) in [4.78, 5) is 0. The van der Waals surface area contributed by atoms with Crippen LogP contribution >= 0.6 is 0 Å². The second-order valence-electron chi connectivity index (χ2n) is 5.67. The van der Waals surface area contributed by atoms with Crippen LogP contribution in [-0.2, 0) is 6.42 Å². The third-order valence-electron chi connectivity index (χ3n) is 3.90. The molecule has 0 aliphatic rings. The zero-order valence-electron chi connectivity index (χ0n) is 12.8. The van der Waals surface area contributed by atoms with Gasteiger partial charge in [0.15, 0.2) is 0 Å². The molecule has 0 bridgehead atoms. The Bertz CT molecular complexity index is 518. The lowest BCUT2D eigenvalue weighted by atomic mass is 10.0. The number of hydrogen-bond donors (Lipinski definition) is 1. The summed E-state index contributed by atoms with van der Waals surface area (Å²) in [7, 11) is 0. The molecule has 1 nitrogen and oxygen atoms in total. The molecule has 0 spiro atoms. The van der Waals surface area contributed by atoms with Gasteiger partial charge in [0.05, 0.1) is 0 Å². The highest BCUT2D eigenvalue weighted by Crippen LogP contribution is 2.18. The second kappa shape index (κ2) is 7.25. The van der Waals surface area contributed by atoms with E-state index in [4.69, 9.17) is 0 Å². The van der Waals surface area contributed by atoms with Gasteiger partial charge in [0.2, 0.25) is 0 Å². The van der Waals surface area contributed by atoms with Crippen molar-refractivity contribution < 1.29 is 0 Å². The molecule has 0 amide bonds. The van der Waals surface area contributed by atoms with Gasteiger partial charge in [0, 0.05) is 12.1 Å². The van der Waals surface area contributed by atoms with Gasteiger partial charge in [-0.1, -0.05) is 54.6 Å². The van der Waals surface area contributed by atoms with E-state index in [0.29, 0.717) is 12.1 Å². The summed E-state index contributed by atoms with van der Waals surface area (Å²) in [6.45, 7) is 6.71. The van der Waals surface area contributed by atoms with Crippen LogP contribution in [0.15, 0.2) is 54.6 Å². The molecule has 0 aliphatic heterocycles. The van der Waals surface area contributed by atoms with Gasteiger partial charge in [0.25, 0.3) is 0 Å². The van der Waals surface area contributed by atoms with Crippen molar-refractivity contribution in [3.63, 3.8) is 0 Å². The molecule has 1 unspecified atom stereocenters. The fourth-order valence-corrected chi connectivity index (χ4v) is 2.70. The summed E-state index contributed by atoms with van der Waals surface area (Å²) in [6.07, 6.45) is 2.30. The van der Waals surface area contributed by atoms with Gasteiger partial charge in [-0.05, 0) is 50.3 Å². The Kier molecular flexibility index (Phi) is 5.37. The molecular weight excluding hydrogens is 242 g/mol. The summed E-state index contributed by atoms with van der Waals surface area (Å²) in [5.41, 5.74) is 4.19. The molecule has 2 aromatic rings. The highest BCUT2D eigenvalue weighted by atomic mass is 14.9. The molecule has 0 aromatic heterocycles. The minimum Gasteiger partial charge on any atom is -0.308 e. The number of rotatable bonds is 6. The third-order valence-corrected chi connectivity index (χ3v) is 3.90. The minimum atomic E-state index is 0.405. The Balaban J connectivity index is 1.85. The van der Waals surface area contributed by atoms with Gasteiger partial charge in [-0.3, -0.25) is 0 Å². The fraction of sp³-hybridized carbons (Fsp3) is 0.368. The standard InChI is InChI=1S/C19H25N/c1-15-9-7-8-12-19(15)17(3)20-16(2)13-14-18-10-5-4-6-11-18/h4-12,16-17,20H,13-14H2,1-3H3/t16?,17-/m1/s1. The normalized spacial score (nSPS) is 13.9. The second-order valence-corrected chi connectivity index (χ2v) is 5.67. The van der Waals surface area contributed by atoms with Crippen LogP contribution in [-0.4, -0.2) is 6.04 Å². The monoisotopic (exact) mass is 267 g/mol. The summed E-state index contributed by atoms with van der Waals surface area (Å²) in [5.74, 6) is 0. The van der Waals surface area contributed by atoms with Gasteiger partial charge in [-0.15, -0.1) is 0 Å². The van der Waals surface area contributed by atoms with Crippen molar-refractivity contribution in [2.75, 3.05) is 0 Å². The van der Waals surface area contributed by atoms with Crippen LogP contribution < -0.4 is 5.32 Å². The number of nitrogens with one attached hydrogen (secondary N) is 1. The average Bonchev–Trinajstić information content (AvgIpc) is 2.46.